The number of aryl methyl sites for hydroxylation is 2. The molecule has 200 valence electrons. The van der Waals surface area contributed by atoms with Gasteiger partial charge in [0.15, 0.2) is 8.07 Å². The molecule has 1 atom stereocenters. The highest BCUT2D eigenvalue weighted by Gasteiger charge is 2.55. The van der Waals surface area contributed by atoms with Crippen LogP contribution in [-0.4, -0.2) is 20.7 Å². The van der Waals surface area contributed by atoms with Crippen molar-refractivity contribution in [3.05, 3.63) is 102 Å². The van der Waals surface area contributed by atoms with Gasteiger partial charge >= 0.3 is 0 Å². The number of hydrogen-bond donors (Lipinski definition) is 0. The Balaban J connectivity index is 1.64. The summed E-state index contributed by atoms with van der Waals surface area (Å²) < 4.78 is 2.75. The maximum atomic E-state index is 2.75. The molecule has 0 aliphatic carbocycles. The largest absolute Gasteiger partial charge is 0.310 e. The van der Waals surface area contributed by atoms with Crippen molar-refractivity contribution < 1.29 is 0 Å². The molecule has 0 fully saturated rings. The predicted molar refractivity (Wildman–Crippen MR) is 182 cm³/mol. The normalized spacial score (nSPS) is 16.9. The van der Waals surface area contributed by atoms with Crippen LogP contribution in [0.3, 0.4) is 0 Å². The monoisotopic (exact) mass is 561 g/mol. The molecule has 0 radical (unpaired) electrons. The van der Waals surface area contributed by atoms with Crippen molar-refractivity contribution in [1.29, 1.82) is 0 Å². The maximum absolute atomic E-state index is 2.75. The van der Waals surface area contributed by atoms with E-state index in [9.17, 15) is 0 Å². The third-order valence-corrected chi connectivity index (χ3v) is 19.2. The van der Waals surface area contributed by atoms with Crippen molar-refractivity contribution in [3.63, 3.8) is 0 Å². The second-order valence-corrected chi connectivity index (χ2v) is 21.5. The molecule has 41 heavy (non-hydrogen) atoms. The third-order valence-electron chi connectivity index (χ3n) is 10.9. The molecule has 3 heteroatoms. The number of rotatable bonds is 2. The van der Waals surface area contributed by atoms with E-state index < -0.39 is 16.1 Å². The van der Waals surface area contributed by atoms with E-state index in [4.69, 9.17) is 0 Å². The zero-order valence-corrected chi connectivity index (χ0v) is 26.8. The van der Waals surface area contributed by atoms with Crippen LogP contribution in [0.25, 0.3) is 38.6 Å². The molecule has 0 saturated carbocycles. The predicted octanol–water partition coefficient (Wildman–Crippen LogP) is 5.72. The van der Waals surface area contributed by atoms with E-state index in [1.807, 2.05) is 0 Å². The second-order valence-electron chi connectivity index (χ2n) is 13.5. The highest BCUT2D eigenvalue weighted by molar-refractivity contribution is 7.24. The van der Waals surface area contributed by atoms with E-state index in [2.05, 4.69) is 130 Å². The molecule has 4 heterocycles. The molecule has 0 N–H and O–H groups in total. The van der Waals surface area contributed by atoms with Crippen LogP contribution >= 0.6 is 0 Å². The van der Waals surface area contributed by atoms with E-state index in [0.29, 0.717) is 5.92 Å². The molecule has 0 amide bonds. The molecule has 3 aliphatic rings. The molecule has 1 spiro atoms. The summed E-state index contributed by atoms with van der Waals surface area (Å²) >= 11 is 0. The second kappa shape index (κ2) is 7.58. The minimum absolute atomic E-state index is 0.529. The van der Waals surface area contributed by atoms with Crippen LogP contribution < -0.4 is 31.1 Å². The Bertz CT molecular complexity index is 2120. The van der Waals surface area contributed by atoms with Gasteiger partial charge in [0.05, 0.1) is 11.0 Å². The molecular formula is C38H35NSi2. The lowest BCUT2D eigenvalue weighted by Gasteiger charge is -2.43. The molecule has 1 nitrogen and oxygen atoms in total. The van der Waals surface area contributed by atoms with Gasteiger partial charge in [-0.15, -0.1) is 0 Å². The van der Waals surface area contributed by atoms with Crippen LogP contribution in [0.2, 0.25) is 13.1 Å². The first kappa shape index (κ1) is 24.0. The highest BCUT2D eigenvalue weighted by atomic mass is 28.3. The van der Waals surface area contributed by atoms with Crippen molar-refractivity contribution in [1.82, 2.24) is 4.57 Å². The Morgan fingerprint density at radius 1 is 0.634 bits per heavy atom. The van der Waals surface area contributed by atoms with Crippen LogP contribution in [0.5, 0.6) is 0 Å². The van der Waals surface area contributed by atoms with E-state index in [1.165, 1.54) is 49.6 Å². The molecule has 9 rings (SSSR count). The van der Waals surface area contributed by atoms with Crippen LogP contribution in [-0.2, 0) is 0 Å². The average Bonchev–Trinajstić information content (AvgIpc) is 3.45. The fraction of sp³-hybridized carbons (Fsp3) is 0.211. The molecule has 5 aromatic carbocycles. The van der Waals surface area contributed by atoms with Crippen molar-refractivity contribution in [2.45, 2.75) is 53.1 Å². The van der Waals surface area contributed by atoms with Gasteiger partial charge in [0.25, 0.3) is 0 Å². The molecule has 0 bridgehead atoms. The number of aromatic nitrogens is 1. The van der Waals surface area contributed by atoms with E-state index >= 15 is 0 Å². The van der Waals surface area contributed by atoms with Crippen LogP contribution in [0.4, 0.5) is 0 Å². The minimum Gasteiger partial charge on any atom is -0.310 e. The van der Waals surface area contributed by atoms with Gasteiger partial charge in [-0.25, -0.2) is 0 Å². The van der Waals surface area contributed by atoms with E-state index in [0.717, 1.165) is 6.42 Å². The molecule has 1 aromatic heterocycles. The summed E-state index contributed by atoms with van der Waals surface area (Å²) in [5, 5.41) is 12.5. The van der Waals surface area contributed by atoms with Crippen molar-refractivity contribution in [3.8, 4) is 16.8 Å². The third kappa shape index (κ3) is 2.60. The van der Waals surface area contributed by atoms with Crippen LogP contribution in [0, 0.1) is 13.8 Å². The smallest absolute Gasteiger partial charge is 0.185 e. The summed E-state index contributed by atoms with van der Waals surface area (Å²) in [6.07, 6.45) is 1.16. The van der Waals surface area contributed by atoms with Gasteiger partial charge in [0.2, 0.25) is 0 Å². The van der Waals surface area contributed by atoms with Gasteiger partial charge in [0, 0.05) is 16.5 Å². The van der Waals surface area contributed by atoms with Gasteiger partial charge in [0.1, 0.15) is 8.07 Å². The highest BCUT2D eigenvalue weighted by Crippen LogP contribution is 2.41. The first-order chi connectivity index (χ1) is 19.8. The van der Waals surface area contributed by atoms with Gasteiger partial charge in [-0.2, -0.15) is 0 Å². The zero-order chi connectivity index (χ0) is 28.0. The zero-order valence-electron chi connectivity index (χ0n) is 24.8. The van der Waals surface area contributed by atoms with Gasteiger partial charge in [-0.05, 0) is 86.1 Å². The van der Waals surface area contributed by atoms with Gasteiger partial charge < -0.3 is 4.57 Å². The molecule has 6 aromatic rings. The average molecular weight is 562 g/mol. The lowest BCUT2D eigenvalue weighted by atomic mass is 9.98. The molecule has 0 saturated heterocycles. The number of nitrogens with zero attached hydrogens (tertiary/aromatic N) is 1. The fourth-order valence-corrected chi connectivity index (χ4v) is 17.7. The van der Waals surface area contributed by atoms with Crippen LogP contribution in [0.1, 0.15) is 42.9 Å². The van der Waals surface area contributed by atoms with Crippen molar-refractivity contribution in [2.75, 3.05) is 0 Å². The summed E-state index contributed by atoms with van der Waals surface area (Å²) in [5.41, 5.74) is 11.7. The molecule has 1 unspecified atom stereocenters. The SMILES string of the molecule is CCC(C)c1cc2c3c(c1)[Si]1(c4ccccc4-c4ccccc41)c1cc(C)cc4c5cc(C)cc(c5n-3c14)[Si]2(C)C. The Hall–Kier alpha value is -3.67. The first-order valence-electron chi connectivity index (χ1n) is 15.3. The maximum Gasteiger partial charge on any atom is 0.185 e. The van der Waals surface area contributed by atoms with Crippen LogP contribution in [0.15, 0.2) is 84.9 Å². The summed E-state index contributed by atoms with van der Waals surface area (Å²) in [5.74, 6) is 0.529. The van der Waals surface area contributed by atoms with Crippen molar-refractivity contribution >= 4 is 69.1 Å². The number of hydrogen-bond acceptors (Lipinski definition) is 0. The summed E-state index contributed by atoms with van der Waals surface area (Å²) in [4.78, 5) is 0. The fourth-order valence-electron chi connectivity index (χ4n) is 8.83. The topological polar surface area (TPSA) is 4.93 Å². The number of fused-ring (bicyclic) bond motifs is 8. The lowest BCUT2D eigenvalue weighted by molar-refractivity contribution is 0.734. The minimum atomic E-state index is -2.59. The van der Waals surface area contributed by atoms with Gasteiger partial charge in [-0.1, -0.05) is 111 Å². The van der Waals surface area contributed by atoms with E-state index in [-0.39, 0.29) is 0 Å². The Kier molecular flexibility index (Phi) is 4.44. The first-order valence-corrected chi connectivity index (χ1v) is 20.3. The molecular weight excluding hydrogens is 527 g/mol. The summed E-state index contributed by atoms with van der Waals surface area (Å²) in [6, 6.07) is 34.2. The lowest BCUT2D eigenvalue weighted by Crippen LogP contribution is -2.77. The molecule has 3 aliphatic heterocycles. The van der Waals surface area contributed by atoms with Crippen molar-refractivity contribution in [2.24, 2.45) is 0 Å². The Morgan fingerprint density at radius 3 is 1.78 bits per heavy atom. The number of benzene rings is 5. The quantitative estimate of drug-likeness (QED) is 0.238. The van der Waals surface area contributed by atoms with E-state index in [1.54, 1.807) is 36.8 Å². The Labute approximate surface area is 244 Å². The summed E-state index contributed by atoms with van der Waals surface area (Å²) in [6.45, 7) is 14.6. The van der Waals surface area contributed by atoms with Gasteiger partial charge in [-0.3, -0.25) is 0 Å². The summed E-state index contributed by atoms with van der Waals surface area (Å²) in [7, 11) is -4.61. The Morgan fingerprint density at radius 2 is 1.17 bits per heavy atom. The standard InChI is InChI=1S/C38H35NSi2/c1-7-24(4)25-20-33-38-35(21-25)41(30-14-10-8-12-26(30)27-13-9-11-15-31(27)41)34-19-23(3)17-29-28-16-22(2)18-32(40(33,5)6)36(28)39(38)37(29)34/h8-21,24H,7H2,1-6H3.